The lowest BCUT2D eigenvalue weighted by Gasteiger charge is -2.22. The van der Waals surface area contributed by atoms with Gasteiger partial charge in [0.05, 0.1) is 13.7 Å². The van der Waals surface area contributed by atoms with Crippen molar-refractivity contribution in [1.82, 2.24) is 10.0 Å². The maximum atomic E-state index is 12.5. The van der Waals surface area contributed by atoms with E-state index in [1.54, 1.807) is 12.1 Å². The van der Waals surface area contributed by atoms with Gasteiger partial charge in [-0.3, -0.25) is 4.79 Å². The summed E-state index contributed by atoms with van der Waals surface area (Å²) in [4.78, 5) is 12.0. The van der Waals surface area contributed by atoms with Crippen molar-refractivity contribution in [1.29, 1.82) is 0 Å². The van der Waals surface area contributed by atoms with Crippen LogP contribution in [0, 0.1) is 13.8 Å². The third-order valence-electron chi connectivity index (χ3n) is 4.46. The van der Waals surface area contributed by atoms with E-state index in [2.05, 4.69) is 10.0 Å². The predicted octanol–water partition coefficient (Wildman–Crippen LogP) is 2.04. The molecule has 0 saturated heterocycles. The Labute approximate surface area is 144 Å². The predicted molar refractivity (Wildman–Crippen MR) is 92.7 cm³/mol. The molecule has 0 unspecified atom stereocenters. The molecule has 1 amide bonds. The van der Waals surface area contributed by atoms with Gasteiger partial charge in [-0.05, 0) is 49.9 Å². The van der Waals surface area contributed by atoms with E-state index in [-0.39, 0.29) is 29.1 Å². The van der Waals surface area contributed by atoms with Gasteiger partial charge in [0.25, 0.3) is 0 Å². The number of aryl methyl sites for hydroxylation is 2. The second-order valence-electron chi connectivity index (χ2n) is 6.31. The summed E-state index contributed by atoms with van der Waals surface area (Å²) in [6.45, 7) is 3.46. The molecule has 0 bridgehead atoms. The highest BCUT2D eigenvalue weighted by molar-refractivity contribution is 7.89. The van der Waals surface area contributed by atoms with Gasteiger partial charge in [0.15, 0.2) is 0 Å². The van der Waals surface area contributed by atoms with Crippen LogP contribution in [-0.2, 0) is 14.8 Å². The molecule has 0 radical (unpaired) electrons. The highest BCUT2D eigenvalue weighted by Gasteiger charge is 2.22. The fourth-order valence-corrected chi connectivity index (χ4v) is 4.11. The molecule has 1 fully saturated rings. The Morgan fingerprint density at radius 2 is 1.79 bits per heavy atom. The molecule has 0 spiro atoms. The van der Waals surface area contributed by atoms with Gasteiger partial charge in [-0.15, -0.1) is 0 Å². The highest BCUT2D eigenvalue weighted by Crippen LogP contribution is 2.27. The summed E-state index contributed by atoms with van der Waals surface area (Å²) in [5.41, 5.74) is 1.80. The Bertz CT molecular complexity index is 695. The zero-order valence-corrected chi connectivity index (χ0v) is 15.3. The number of nitrogens with one attached hydrogen (secondary N) is 2. The minimum atomic E-state index is -3.81. The van der Waals surface area contributed by atoms with Crippen LogP contribution in [0.5, 0.6) is 5.75 Å². The summed E-state index contributed by atoms with van der Waals surface area (Å²) < 4.78 is 32.5. The van der Waals surface area contributed by atoms with Gasteiger partial charge >= 0.3 is 0 Å². The number of rotatable bonds is 6. The molecule has 0 atom stereocenters. The molecule has 0 aliphatic heterocycles. The second kappa shape index (κ2) is 7.98. The molecule has 1 aromatic rings. The molecule has 1 aromatic carbocycles. The van der Waals surface area contributed by atoms with Crippen LogP contribution in [0.4, 0.5) is 0 Å². The average molecular weight is 354 g/mol. The Kier molecular flexibility index (Phi) is 6.23. The number of carbonyl (C=O) groups excluding carboxylic acids is 1. The molecule has 1 aliphatic carbocycles. The number of hydrogen-bond acceptors (Lipinski definition) is 4. The fourth-order valence-electron chi connectivity index (χ4n) is 2.90. The zero-order chi connectivity index (χ0) is 17.7. The van der Waals surface area contributed by atoms with Crippen LogP contribution in [0.2, 0.25) is 0 Å². The van der Waals surface area contributed by atoms with Gasteiger partial charge in [0, 0.05) is 6.04 Å². The van der Waals surface area contributed by atoms with E-state index in [1.807, 2.05) is 13.8 Å². The monoisotopic (exact) mass is 354 g/mol. The minimum Gasteiger partial charge on any atom is -0.495 e. The van der Waals surface area contributed by atoms with Gasteiger partial charge in [0.2, 0.25) is 15.9 Å². The third kappa shape index (κ3) is 4.70. The first-order valence-electron chi connectivity index (χ1n) is 8.28. The zero-order valence-electron chi connectivity index (χ0n) is 14.5. The van der Waals surface area contributed by atoms with Crippen LogP contribution in [-0.4, -0.2) is 34.0 Å². The number of carbonyl (C=O) groups is 1. The largest absolute Gasteiger partial charge is 0.495 e. The number of amides is 1. The van der Waals surface area contributed by atoms with Gasteiger partial charge in [-0.25, -0.2) is 13.1 Å². The van der Waals surface area contributed by atoms with E-state index >= 15 is 0 Å². The lowest BCUT2D eigenvalue weighted by atomic mass is 9.95. The number of benzene rings is 1. The van der Waals surface area contributed by atoms with Crippen LogP contribution in [0.1, 0.15) is 43.2 Å². The number of hydrogen-bond donors (Lipinski definition) is 2. The lowest BCUT2D eigenvalue weighted by molar-refractivity contribution is -0.120. The normalized spacial score (nSPS) is 16.0. The smallest absolute Gasteiger partial charge is 0.244 e. The van der Waals surface area contributed by atoms with E-state index in [9.17, 15) is 13.2 Å². The molecule has 2 N–H and O–H groups in total. The van der Waals surface area contributed by atoms with Gasteiger partial charge in [-0.1, -0.05) is 19.3 Å². The number of methoxy groups -OCH3 is 1. The van der Waals surface area contributed by atoms with Crippen molar-refractivity contribution in [3.8, 4) is 5.75 Å². The first-order valence-corrected chi connectivity index (χ1v) is 9.76. The molecule has 134 valence electrons. The Hall–Kier alpha value is -1.60. The van der Waals surface area contributed by atoms with Gasteiger partial charge in [-0.2, -0.15) is 0 Å². The molecule has 7 heteroatoms. The summed E-state index contributed by atoms with van der Waals surface area (Å²) in [6.07, 6.45) is 5.34. The standard InChI is InChI=1S/C17H26N2O4S/c1-12-9-15(23-3)16(10-13(12)2)24(21,22)18-11-17(20)19-14-7-5-4-6-8-14/h9-10,14,18H,4-8,11H2,1-3H3,(H,19,20). The van der Waals surface area contributed by atoms with E-state index in [4.69, 9.17) is 4.74 Å². The summed E-state index contributed by atoms with van der Waals surface area (Å²) in [7, 11) is -2.38. The van der Waals surface area contributed by atoms with Crippen molar-refractivity contribution in [3.63, 3.8) is 0 Å². The van der Waals surface area contributed by atoms with E-state index in [0.29, 0.717) is 0 Å². The molecule has 24 heavy (non-hydrogen) atoms. The molecule has 1 aliphatic rings. The van der Waals surface area contributed by atoms with E-state index < -0.39 is 10.0 Å². The van der Waals surface area contributed by atoms with Crippen molar-refractivity contribution in [2.75, 3.05) is 13.7 Å². The van der Waals surface area contributed by atoms with Crippen molar-refractivity contribution < 1.29 is 17.9 Å². The Balaban J connectivity index is 2.03. The van der Waals surface area contributed by atoms with Crippen molar-refractivity contribution in [3.05, 3.63) is 23.3 Å². The Morgan fingerprint density at radius 3 is 2.42 bits per heavy atom. The van der Waals surface area contributed by atoms with E-state index in [0.717, 1.165) is 36.8 Å². The highest BCUT2D eigenvalue weighted by atomic mass is 32.2. The summed E-state index contributed by atoms with van der Waals surface area (Å²) in [6, 6.07) is 3.41. The maximum absolute atomic E-state index is 12.5. The molecular formula is C17H26N2O4S. The lowest BCUT2D eigenvalue weighted by Crippen LogP contribution is -2.42. The number of ether oxygens (including phenoxy) is 1. The van der Waals surface area contributed by atoms with Crippen molar-refractivity contribution >= 4 is 15.9 Å². The summed E-state index contributed by atoms with van der Waals surface area (Å²) >= 11 is 0. The second-order valence-corrected chi connectivity index (χ2v) is 8.05. The molecule has 6 nitrogen and oxygen atoms in total. The van der Waals surface area contributed by atoms with Crippen molar-refractivity contribution in [2.45, 2.75) is 56.9 Å². The minimum absolute atomic E-state index is 0.0542. The topological polar surface area (TPSA) is 84.5 Å². The number of sulfonamides is 1. The van der Waals surface area contributed by atoms with Crippen LogP contribution in [0.3, 0.4) is 0 Å². The summed E-state index contributed by atoms with van der Waals surface area (Å²) in [5, 5.41) is 2.89. The van der Waals surface area contributed by atoms with Gasteiger partial charge < -0.3 is 10.1 Å². The molecule has 0 aromatic heterocycles. The SMILES string of the molecule is COc1cc(C)c(C)cc1S(=O)(=O)NCC(=O)NC1CCCCC1. The van der Waals surface area contributed by atoms with Crippen LogP contribution in [0.25, 0.3) is 0 Å². The molecule has 1 saturated carbocycles. The van der Waals surface area contributed by atoms with E-state index in [1.165, 1.54) is 13.5 Å². The van der Waals surface area contributed by atoms with Gasteiger partial charge in [0.1, 0.15) is 10.6 Å². The average Bonchev–Trinajstić information content (AvgIpc) is 2.56. The molecular weight excluding hydrogens is 328 g/mol. The van der Waals surface area contributed by atoms with Crippen LogP contribution >= 0.6 is 0 Å². The first-order chi connectivity index (χ1) is 11.3. The third-order valence-corrected chi connectivity index (χ3v) is 5.88. The van der Waals surface area contributed by atoms with Crippen LogP contribution < -0.4 is 14.8 Å². The van der Waals surface area contributed by atoms with Crippen LogP contribution in [0.15, 0.2) is 17.0 Å². The molecule has 0 heterocycles. The summed E-state index contributed by atoms with van der Waals surface area (Å²) in [5.74, 6) is -0.0217. The molecule has 2 rings (SSSR count). The maximum Gasteiger partial charge on any atom is 0.244 e. The quantitative estimate of drug-likeness (QED) is 0.819. The fraction of sp³-hybridized carbons (Fsp3) is 0.588. The Morgan fingerprint density at radius 1 is 1.17 bits per heavy atom. The first kappa shape index (κ1) is 18.7. The van der Waals surface area contributed by atoms with Crippen molar-refractivity contribution in [2.24, 2.45) is 0 Å².